The van der Waals surface area contributed by atoms with Crippen molar-refractivity contribution in [3.8, 4) is 5.75 Å². The van der Waals surface area contributed by atoms with Crippen molar-refractivity contribution in [3.05, 3.63) is 29.8 Å². The van der Waals surface area contributed by atoms with Crippen LogP contribution in [0.2, 0.25) is 0 Å². The van der Waals surface area contributed by atoms with E-state index in [1.54, 1.807) is 0 Å². The first-order valence-corrected chi connectivity index (χ1v) is 7.97. The number of likely N-dealkylation sites (tertiary alicyclic amines) is 1. The van der Waals surface area contributed by atoms with E-state index in [-0.39, 0.29) is 0 Å². The predicted octanol–water partition coefficient (Wildman–Crippen LogP) is 2.63. The van der Waals surface area contributed by atoms with Crippen LogP contribution in [0.15, 0.2) is 24.3 Å². The molecule has 2 saturated heterocycles. The summed E-state index contributed by atoms with van der Waals surface area (Å²) >= 11 is 0. The summed E-state index contributed by atoms with van der Waals surface area (Å²) in [5, 5.41) is 3.50. The van der Waals surface area contributed by atoms with E-state index in [2.05, 4.69) is 41.5 Å². The molecule has 1 unspecified atom stereocenters. The molecular formula is C17H26N2O. The number of rotatable bonds is 4. The quantitative estimate of drug-likeness (QED) is 0.913. The zero-order valence-corrected chi connectivity index (χ0v) is 12.5. The first-order chi connectivity index (χ1) is 9.84. The molecule has 0 bridgehead atoms. The third-order valence-corrected chi connectivity index (χ3v) is 4.76. The summed E-state index contributed by atoms with van der Waals surface area (Å²) in [4.78, 5) is 2.42. The smallest absolute Gasteiger partial charge is 0.122 e. The lowest BCUT2D eigenvalue weighted by Gasteiger charge is -2.26. The molecule has 110 valence electrons. The van der Waals surface area contributed by atoms with Crippen molar-refractivity contribution < 1.29 is 4.74 Å². The van der Waals surface area contributed by atoms with Crippen LogP contribution in [0.4, 0.5) is 0 Å². The van der Waals surface area contributed by atoms with E-state index < -0.39 is 0 Å². The van der Waals surface area contributed by atoms with Crippen molar-refractivity contribution in [1.29, 1.82) is 0 Å². The van der Waals surface area contributed by atoms with Gasteiger partial charge in [0, 0.05) is 18.5 Å². The van der Waals surface area contributed by atoms with Crippen LogP contribution in [0.3, 0.4) is 0 Å². The highest BCUT2D eigenvalue weighted by Crippen LogP contribution is 2.31. The molecule has 2 aliphatic heterocycles. The number of ether oxygens (including phenoxy) is 1. The van der Waals surface area contributed by atoms with Crippen LogP contribution >= 0.6 is 0 Å². The van der Waals surface area contributed by atoms with Crippen LogP contribution < -0.4 is 10.1 Å². The Morgan fingerprint density at radius 1 is 1.25 bits per heavy atom. The molecule has 0 amide bonds. The lowest BCUT2D eigenvalue weighted by molar-refractivity contribution is 0.196. The van der Waals surface area contributed by atoms with Gasteiger partial charge in [0.05, 0.1) is 0 Å². The minimum atomic E-state index is 0.590. The average molecular weight is 274 g/mol. The molecule has 1 aromatic carbocycles. The van der Waals surface area contributed by atoms with Crippen molar-refractivity contribution in [2.75, 3.05) is 33.3 Å². The largest absolute Gasteiger partial charge is 0.492 e. The SMILES string of the molecule is CN1CCC[C@H]1COc1ccccc1C1CCCNC1. The van der Waals surface area contributed by atoms with Crippen LogP contribution in [0.5, 0.6) is 5.75 Å². The minimum Gasteiger partial charge on any atom is -0.492 e. The van der Waals surface area contributed by atoms with Gasteiger partial charge in [-0.25, -0.2) is 0 Å². The molecule has 3 nitrogen and oxygen atoms in total. The van der Waals surface area contributed by atoms with E-state index in [0.29, 0.717) is 12.0 Å². The Labute approximate surface area is 122 Å². The van der Waals surface area contributed by atoms with Gasteiger partial charge in [0.25, 0.3) is 0 Å². The van der Waals surface area contributed by atoms with E-state index in [0.717, 1.165) is 25.4 Å². The van der Waals surface area contributed by atoms with Crippen molar-refractivity contribution >= 4 is 0 Å². The third-order valence-electron chi connectivity index (χ3n) is 4.76. The summed E-state index contributed by atoms with van der Waals surface area (Å²) in [5.41, 5.74) is 1.39. The summed E-state index contributed by atoms with van der Waals surface area (Å²) in [5.74, 6) is 1.71. The van der Waals surface area contributed by atoms with E-state index in [9.17, 15) is 0 Å². The molecule has 20 heavy (non-hydrogen) atoms. The molecule has 0 spiro atoms. The number of hydrogen-bond acceptors (Lipinski definition) is 3. The van der Waals surface area contributed by atoms with Gasteiger partial charge in [-0.2, -0.15) is 0 Å². The van der Waals surface area contributed by atoms with Gasteiger partial charge in [-0.05, 0) is 57.5 Å². The molecule has 2 fully saturated rings. The number of hydrogen-bond donors (Lipinski definition) is 1. The third kappa shape index (κ3) is 3.15. The van der Waals surface area contributed by atoms with Gasteiger partial charge in [0.15, 0.2) is 0 Å². The van der Waals surface area contributed by atoms with Crippen LogP contribution in [0, 0.1) is 0 Å². The van der Waals surface area contributed by atoms with E-state index >= 15 is 0 Å². The van der Waals surface area contributed by atoms with Crippen molar-refractivity contribution in [3.63, 3.8) is 0 Å². The normalized spacial score (nSPS) is 27.6. The Bertz CT molecular complexity index is 429. The first-order valence-electron chi connectivity index (χ1n) is 7.97. The molecule has 1 aromatic rings. The second kappa shape index (κ2) is 6.59. The highest BCUT2D eigenvalue weighted by molar-refractivity contribution is 5.36. The Balaban J connectivity index is 1.66. The van der Waals surface area contributed by atoms with Gasteiger partial charge >= 0.3 is 0 Å². The molecule has 2 heterocycles. The molecule has 3 rings (SSSR count). The van der Waals surface area contributed by atoms with Gasteiger partial charge < -0.3 is 15.0 Å². The van der Waals surface area contributed by atoms with Crippen molar-refractivity contribution in [2.45, 2.75) is 37.6 Å². The zero-order chi connectivity index (χ0) is 13.8. The standard InChI is InChI=1S/C17H26N2O/c1-19-11-5-7-15(19)13-20-17-9-3-2-8-16(17)14-6-4-10-18-12-14/h2-3,8-9,14-15,18H,4-7,10-13H2,1H3/t14?,15-/m0/s1. The summed E-state index contributed by atoms with van der Waals surface area (Å²) in [6.45, 7) is 4.28. The van der Waals surface area contributed by atoms with Crippen LogP contribution in [0.1, 0.15) is 37.2 Å². The number of likely N-dealkylation sites (N-methyl/N-ethyl adjacent to an activating group) is 1. The number of para-hydroxylation sites is 1. The lowest BCUT2D eigenvalue weighted by atomic mass is 9.91. The van der Waals surface area contributed by atoms with E-state index in [1.165, 1.54) is 37.8 Å². The molecular weight excluding hydrogens is 248 g/mol. The molecule has 0 aliphatic carbocycles. The Morgan fingerprint density at radius 3 is 2.90 bits per heavy atom. The summed E-state index contributed by atoms with van der Waals surface area (Å²) in [6.07, 6.45) is 5.11. The number of nitrogens with zero attached hydrogens (tertiary/aromatic N) is 1. The molecule has 3 heteroatoms. The Hall–Kier alpha value is -1.06. The maximum absolute atomic E-state index is 6.18. The maximum Gasteiger partial charge on any atom is 0.122 e. The molecule has 1 N–H and O–H groups in total. The van der Waals surface area contributed by atoms with E-state index in [1.807, 2.05) is 0 Å². The number of piperidine rings is 1. The highest BCUT2D eigenvalue weighted by Gasteiger charge is 2.23. The summed E-state index contributed by atoms with van der Waals surface area (Å²) < 4.78 is 6.18. The van der Waals surface area contributed by atoms with Gasteiger partial charge in [-0.1, -0.05) is 18.2 Å². The molecule has 2 atom stereocenters. The average Bonchev–Trinajstić information content (AvgIpc) is 2.92. The zero-order valence-electron chi connectivity index (χ0n) is 12.5. The van der Waals surface area contributed by atoms with Gasteiger partial charge in [-0.15, -0.1) is 0 Å². The number of benzene rings is 1. The lowest BCUT2D eigenvalue weighted by Crippen LogP contribution is -2.31. The number of nitrogens with one attached hydrogen (secondary N) is 1. The highest BCUT2D eigenvalue weighted by atomic mass is 16.5. The monoisotopic (exact) mass is 274 g/mol. The summed E-state index contributed by atoms with van der Waals surface area (Å²) in [7, 11) is 2.21. The van der Waals surface area contributed by atoms with Gasteiger partial charge in [-0.3, -0.25) is 0 Å². The second-order valence-corrected chi connectivity index (χ2v) is 6.17. The minimum absolute atomic E-state index is 0.590. The topological polar surface area (TPSA) is 24.5 Å². The Morgan fingerprint density at radius 2 is 2.15 bits per heavy atom. The van der Waals surface area contributed by atoms with Crippen LogP contribution in [-0.4, -0.2) is 44.2 Å². The molecule has 0 saturated carbocycles. The fraction of sp³-hybridized carbons (Fsp3) is 0.647. The Kier molecular flexibility index (Phi) is 4.58. The molecule has 2 aliphatic rings. The predicted molar refractivity (Wildman–Crippen MR) is 82.4 cm³/mol. The maximum atomic E-state index is 6.18. The van der Waals surface area contributed by atoms with Crippen molar-refractivity contribution in [1.82, 2.24) is 10.2 Å². The van der Waals surface area contributed by atoms with Crippen LogP contribution in [-0.2, 0) is 0 Å². The van der Waals surface area contributed by atoms with Crippen LogP contribution in [0.25, 0.3) is 0 Å². The molecule has 0 aromatic heterocycles. The first kappa shape index (κ1) is 13.9. The summed E-state index contributed by atoms with van der Waals surface area (Å²) in [6, 6.07) is 9.20. The van der Waals surface area contributed by atoms with Crippen molar-refractivity contribution in [2.24, 2.45) is 0 Å². The molecule has 0 radical (unpaired) electrons. The van der Waals surface area contributed by atoms with E-state index in [4.69, 9.17) is 4.74 Å². The fourth-order valence-electron chi connectivity index (χ4n) is 3.44. The van der Waals surface area contributed by atoms with Gasteiger partial charge in [0.1, 0.15) is 12.4 Å². The van der Waals surface area contributed by atoms with Gasteiger partial charge in [0.2, 0.25) is 0 Å². The fourth-order valence-corrected chi connectivity index (χ4v) is 3.44. The second-order valence-electron chi connectivity index (χ2n) is 6.17.